The summed E-state index contributed by atoms with van der Waals surface area (Å²) in [5, 5.41) is 3.15. The molecular weight excluding hydrogens is 338 g/mol. The standard InChI is InChI=1S/C20H26F2N2O2/c21-14-8-15(22)10-19(9-14)26-18-5-2-16(3-6-18)23-20(25)12-24-11-13-1-4-17(24)7-13/h8-10,13,16-18H,1-7,11-12H2,(H,23,25)/t13-,16?,17+,18?/m1/s1. The maximum atomic E-state index is 13.2. The summed E-state index contributed by atoms with van der Waals surface area (Å²) in [6, 6.07) is 4.04. The van der Waals surface area contributed by atoms with E-state index < -0.39 is 11.6 Å². The molecule has 0 unspecified atom stereocenters. The topological polar surface area (TPSA) is 41.6 Å². The third kappa shape index (κ3) is 4.17. The summed E-state index contributed by atoms with van der Waals surface area (Å²) in [6.07, 6.45) is 6.98. The fourth-order valence-electron chi connectivity index (χ4n) is 4.79. The number of ether oxygens (including phenoxy) is 1. The van der Waals surface area contributed by atoms with Crippen LogP contribution in [0.2, 0.25) is 0 Å². The molecule has 26 heavy (non-hydrogen) atoms. The van der Waals surface area contributed by atoms with Crippen LogP contribution < -0.4 is 10.1 Å². The summed E-state index contributed by atoms with van der Waals surface area (Å²) < 4.78 is 32.2. The van der Waals surface area contributed by atoms with E-state index in [9.17, 15) is 13.6 Å². The minimum atomic E-state index is -0.628. The van der Waals surface area contributed by atoms with Gasteiger partial charge >= 0.3 is 0 Å². The Balaban J connectivity index is 1.20. The zero-order valence-corrected chi connectivity index (χ0v) is 14.9. The van der Waals surface area contributed by atoms with E-state index in [1.807, 2.05) is 0 Å². The molecule has 1 aliphatic heterocycles. The van der Waals surface area contributed by atoms with Crippen LogP contribution in [0.15, 0.2) is 18.2 Å². The van der Waals surface area contributed by atoms with Crippen molar-refractivity contribution in [3.05, 3.63) is 29.8 Å². The number of nitrogens with zero attached hydrogens (tertiary/aromatic N) is 1. The Morgan fingerprint density at radius 2 is 1.81 bits per heavy atom. The lowest BCUT2D eigenvalue weighted by Crippen LogP contribution is -2.46. The van der Waals surface area contributed by atoms with Gasteiger partial charge in [-0.3, -0.25) is 9.69 Å². The number of benzene rings is 1. The Bertz CT molecular complexity index is 641. The van der Waals surface area contributed by atoms with E-state index in [-0.39, 0.29) is 23.8 Å². The van der Waals surface area contributed by atoms with Gasteiger partial charge in [-0.15, -0.1) is 0 Å². The molecule has 1 aromatic rings. The van der Waals surface area contributed by atoms with Crippen molar-refractivity contribution in [1.29, 1.82) is 0 Å². The first kappa shape index (κ1) is 17.7. The van der Waals surface area contributed by atoms with Gasteiger partial charge in [0.05, 0.1) is 12.6 Å². The summed E-state index contributed by atoms with van der Waals surface area (Å²) in [6.45, 7) is 1.59. The third-order valence-electron chi connectivity index (χ3n) is 6.05. The summed E-state index contributed by atoms with van der Waals surface area (Å²) in [7, 11) is 0. The Labute approximate surface area is 152 Å². The number of halogens is 2. The molecule has 1 amide bonds. The number of fused-ring (bicyclic) bond motifs is 2. The smallest absolute Gasteiger partial charge is 0.234 e. The molecule has 3 aliphatic rings. The molecule has 1 N–H and O–H groups in total. The second-order valence-corrected chi connectivity index (χ2v) is 8.03. The Morgan fingerprint density at radius 1 is 1.08 bits per heavy atom. The van der Waals surface area contributed by atoms with E-state index in [0.717, 1.165) is 44.2 Å². The second-order valence-electron chi connectivity index (χ2n) is 8.03. The maximum absolute atomic E-state index is 13.2. The lowest BCUT2D eigenvalue weighted by Gasteiger charge is -2.31. The van der Waals surface area contributed by atoms with Gasteiger partial charge in [-0.2, -0.15) is 0 Å². The average Bonchev–Trinajstić information content (AvgIpc) is 3.18. The first-order valence-corrected chi connectivity index (χ1v) is 9.71. The monoisotopic (exact) mass is 364 g/mol. The molecule has 1 aromatic carbocycles. The van der Waals surface area contributed by atoms with Crippen molar-refractivity contribution in [1.82, 2.24) is 10.2 Å². The van der Waals surface area contributed by atoms with Gasteiger partial charge in [0.1, 0.15) is 17.4 Å². The van der Waals surface area contributed by atoms with Gasteiger partial charge in [-0.25, -0.2) is 8.78 Å². The van der Waals surface area contributed by atoms with Crippen LogP contribution in [-0.4, -0.2) is 42.1 Å². The largest absolute Gasteiger partial charge is 0.490 e. The van der Waals surface area contributed by atoms with Crippen molar-refractivity contribution < 1.29 is 18.3 Å². The van der Waals surface area contributed by atoms with E-state index in [2.05, 4.69) is 10.2 Å². The molecule has 3 fully saturated rings. The van der Waals surface area contributed by atoms with E-state index in [4.69, 9.17) is 4.74 Å². The number of piperidine rings is 1. The predicted molar refractivity (Wildman–Crippen MR) is 93.9 cm³/mol. The predicted octanol–water partition coefficient (Wildman–Crippen LogP) is 3.26. The molecule has 1 heterocycles. The minimum Gasteiger partial charge on any atom is -0.490 e. The number of nitrogens with one attached hydrogen (secondary N) is 1. The second kappa shape index (κ2) is 7.51. The van der Waals surface area contributed by atoms with E-state index in [1.54, 1.807) is 0 Å². The van der Waals surface area contributed by atoms with Gasteiger partial charge in [-0.1, -0.05) is 0 Å². The van der Waals surface area contributed by atoms with Crippen molar-refractivity contribution in [3.63, 3.8) is 0 Å². The van der Waals surface area contributed by atoms with Crippen LogP contribution >= 0.6 is 0 Å². The van der Waals surface area contributed by atoms with Gasteiger partial charge in [0.2, 0.25) is 5.91 Å². The van der Waals surface area contributed by atoms with Crippen molar-refractivity contribution in [3.8, 4) is 5.75 Å². The molecule has 1 saturated heterocycles. The highest BCUT2D eigenvalue weighted by atomic mass is 19.1. The quantitative estimate of drug-likeness (QED) is 0.872. The van der Waals surface area contributed by atoms with Crippen molar-refractivity contribution in [2.24, 2.45) is 5.92 Å². The molecule has 4 nitrogen and oxygen atoms in total. The number of rotatable bonds is 5. The molecule has 0 aromatic heterocycles. The minimum absolute atomic E-state index is 0.0568. The average molecular weight is 364 g/mol. The van der Waals surface area contributed by atoms with E-state index >= 15 is 0 Å². The number of hydrogen-bond donors (Lipinski definition) is 1. The SMILES string of the molecule is O=C(CN1C[C@@H]2CC[C@H]1C2)NC1CCC(Oc2cc(F)cc(F)c2)CC1. The summed E-state index contributed by atoms with van der Waals surface area (Å²) in [5.41, 5.74) is 0. The highest BCUT2D eigenvalue weighted by molar-refractivity contribution is 5.78. The van der Waals surface area contributed by atoms with E-state index in [0.29, 0.717) is 12.6 Å². The molecule has 2 atom stereocenters. The Hall–Kier alpha value is -1.69. The van der Waals surface area contributed by atoms with Crippen molar-refractivity contribution in [2.75, 3.05) is 13.1 Å². The van der Waals surface area contributed by atoms with Crippen molar-refractivity contribution >= 4 is 5.91 Å². The van der Waals surface area contributed by atoms with Crippen LogP contribution in [0, 0.1) is 17.6 Å². The number of hydrogen-bond acceptors (Lipinski definition) is 3. The molecule has 4 rings (SSSR count). The first-order valence-electron chi connectivity index (χ1n) is 9.71. The van der Waals surface area contributed by atoms with Gasteiger partial charge in [0.25, 0.3) is 0 Å². The van der Waals surface area contributed by atoms with Crippen molar-refractivity contribution in [2.45, 2.75) is 63.1 Å². The summed E-state index contributed by atoms with van der Waals surface area (Å²) >= 11 is 0. The van der Waals surface area contributed by atoms with Gasteiger partial charge < -0.3 is 10.1 Å². The highest BCUT2D eigenvalue weighted by Crippen LogP contribution is 2.37. The molecule has 0 spiro atoms. The summed E-state index contributed by atoms with van der Waals surface area (Å²) in [5.74, 6) is -0.102. The van der Waals surface area contributed by atoms with Crippen LogP contribution in [0.3, 0.4) is 0 Å². The van der Waals surface area contributed by atoms with Crippen LogP contribution in [0.4, 0.5) is 8.78 Å². The normalized spacial score (nSPS) is 31.2. The molecule has 6 heteroatoms. The molecule has 0 radical (unpaired) electrons. The van der Waals surface area contributed by atoms with Gasteiger partial charge in [0, 0.05) is 36.8 Å². The fraction of sp³-hybridized carbons (Fsp3) is 0.650. The van der Waals surface area contributed by atoms with Crippen LogP contribution in [0.25, 0.3) is 0 Å². The molecule has 142 valence electrons. The van der Waals surface area contributed by atoms with Crippen LogP contribution in [-0.2, 0) is 4.79 Å². The zero-order chi connectivity index (χ0) is 18.1. The number of amides is 1. The number of likely N-dealkylation sites (tertiary alicyclic amines) is 1. The fourth-order valence-corrected chi connectivity index (χ4v) is 4.79. The maximum Gasteiger partial charge on any atom is 0.234 e. The Morgan fingerprint density at radius 3 is 2.42 bits per heavy atom. The lowest BCUT2D eigenvalue weighted by atomic mass is 9.93. The first-order chi connectivity index (χ1) is 12.5. The van der Waals surface area contributed by atoms with E-state index in [1.165, 1.54) is 31.4 Å². The van der Waals surface area contributed by atoms with Gasteiger partial charge in [-0.05, 0) is 50.9 Å². The Kier molecular flexibility index (Phi) is 5.11. The lowest BCUT2D eigenvalue weighted by molar-refractivity contribution is -0.123. The van der Waals surface area contributed by atoms with Crippen LogP contribution in [0.1, 0.15) is 44.9 Å². The molecule has 2 bridgehead atoms. The summed E-state index contributed by atoms with van der Waals surface area (Å²) in [4.78, 5) is 14.7. The highest BCUT2D eigenvalue weighted by Gasteiger charge is 2.38. The van der Waals surface area contributed by atoms with Crippen LogP contribution in [0.5, 0.6) is 5.75 Å². The molecule has 2 aliphatic carbocycles. The third-order valence-corrected chi connectivity index (χ3v) is 6.05. The number of carbonyl (C=O) groups is 1. The molecular formula is C20H26F2N2O2. The zero-order valence-electron chi connectivity index (χ0n) is 14.9. The van der Waals surface area contributed by atoms with Gasteiger partial charge in [0.15, 0.2) is 0 Å². The number of carbonyl (C=O) groups excluding carboxylic acids is 1. The molecule has 2 saturated carbocycles.